The molecule has 1 heterocycles. The van der Waals surface area contributed by atoms with E-state index in [4.69, 9.17) is 16.3 Å². The molecule has 1 fully saturated rings. The predicted octanol–water partition coefficient (Wildman–Crippen LogP) is 2.12. The van der Waals surface area contributed by atoms with Crippen LogP contribution in [-0.2, 0) is 6.42 Å². The number of hydrogen-bond donors (Lipinski definition) is 1. The highest BCUT2D eigenvalue weighted by atomic mass is 35.5. The third-order valence-electron chi connectivity index (χ3n) is 3.44. The average Bonchev–Trinajstić information content (AvgIpc) is 2.96. The summed E-state index contributed by atoms with van der Waals surface area (Å²) in [6, 6.07) is 5.60. The van der Waals surface area contributed by atoms with Gasteiger partial charge in [-0.05, 0) is 36.6 Å². The van der Waals surface area contributed by atoms with Gasteiger partial charge < -0.3 is 10.1 Å². The number of hydrogen-bond acceptors (Lipinski definition) is 2. The first-order chi connectivity index (χ1) is 8.22. The van der Waals surface area contributed by atoms with Gasteiger partial charge in [-0.1, -0.05) is 0 Å². The molecule has 0 spiro atoms. The Hall–Kier alpha value is -1.22. The van der Waals surface area contributed by atoms with Crippen LogP contribution in [0.2, 0.25) is 0 Å². The van der Waals surface area contributed by atoms with Gasteiger partial charge in [0.2, 0.25) is 0 Å². The highest BCUT2D eigenvalue weighted by Crippen LogP contribution is 2.36. The second-order valence-electron chi connectivity index (χ2n) is 4.79. The molecule has 90 valence electrons. The van der Waals surface area contributed by atoms with Crippen molar-refractivity contribution in [3.8, 4) is 5.75 Å². The van der Waals surface area contributed by atoms with E-state index in [1.165, 1.54) is 0 Å². The second kappa shape index (κ2) is 3.91. The Kier molecular flexibility index (Phi) is 2.51. The zero-order valence-corrected chi connectivity index (χ0v) is 10.2. The molecule has 0 atom stereocenters. The highest BCUT2D eigenvalue weighted by Gasteiger charge is 2.43. The lowest BCUT2D eigenvalue weighted by Crippen LogP contribution is -2.38. The lowest BCUT2D eigenvalue weighted by molar-refractivity contribution is 0.0936. The number of alkyl halides is 1. The lowest BCUT2D eigenvalue weighted by atomic mass is 10.1. The molecule has 0 bridgehead atoms. The minimum Gasteiger partial charge on any atom is -0.493 e. The topological polar surface area (TPSA) is 38.3 Å². The minimum atomic E-state index is -0.145. The molecule has 0 saturated heterocycles. The number of ether oxygens (including phenoxy) is 1. The fourth-order valence-corrected chi connectivity index (χ4v) is 2.42. The van der Waals surface area contributed by atoms with Crippen LogP contribution < -0.4 is 10.1 Å². The van der Waals surface area contributed by atoms with Crippen molar-refractivity contribution in [1.29, 1.82) is 0 Å². The number of fused-ring (bicyclic) bond motifs is 1. The molecular weight excluding hydrogens is 238 g/mol. The summed E-state index contributed by atoms with van der Waals surface area (Å²) >= 11 is 5.85. The fourth-order valence-electron chi connectivity index (χ4n) is 2.08. The maximum absolute atomic E-state index is 12.0. The normalized spacial score (nSPS) is 19.4. The van der Waals surface area contributed by atoms with Crippen molar-refractivity contribution in [3.63, 3.8) is 0 Å². The van der Waals surface area contributed by atoms with E-state index in [1.807, 2.05) is 18.2 Å². The standard InChI is InChI=1S/C13H14ClNO2/c14-8-13(4-5-13)15-12(16)10-1-2-11-9(7-10)3-6-17-11/h1-2,7H,3-6,8H2,(H,15,16). The summed E-state index contributed by atoms with van der Waals surface area (Å²) in [4.78, 5) is 12.0. The Morgan fingerprint density at radius 1 is 1.47 bits per heavy atom. The largest absolute Gasteiger partial charge is 0.493 e. The molecule has 0 aromatic heterocycles. The van der Waals surface area contributed by atoms with Gasteiger partial charge in [-0.15, -0.1) is 11.6 Å². The van der Waals surface area contributed by atoms with Crippen LogP contribution >= 0.6 is 11.6 Å². The lowest BCUT2D eigenvalue weighted by Gasteiger charge is -2.14. The molecule has 1 aromatic carbocycles. The van der Waals surface area contributed by atoms with Crippen molar-refractivity contribution < 1.29 is 9.53 Å². The van der Waals surface area contributed by atoms with Crippen LogP contribution in [0.1, 0.15) is 28.8 Å². The Morgan fingerprint density at radius 3 is 3.00 bits per heavy atom. The zero-order chi connectivity index (χ0) is 11.9. The Labute approximate surface area is 105 Å². The molecule has 1 aliphatic carbocycles. The fraction of sp³-hybridized carbons (Fsp3) is 0.462. The zero-order valence-electron chi connectivity index (χ0n) is 9.46. The van der Waals surface area contributed by atoms with Crippen molar-refractivity contribution in [1.82, 2.24) is 5.32 Å². The molecule has 4 heteroatoms. The molecule has 1 N–H and O–H groups in total. The monoisotopic (exact) mass is 251 g/mol. The maximum Gasteiger partial charge on any atom is 0.251 e. The van der Waals surface area contributed by atoms with Gasteiger partial charge in [-0.3, -0.25) is 4.79 Å². The van der Waals surface area contributed by atoms with E-state index in [9.17, 15) is 4.79 Å². The number of halogens is 1. The number of carbonyl (C=O) groups excluding carboxylic acids is 1. The van der Waals surface area contributed by atoms with E-state index in [1.54, 1.807) is 0 Å². The van der Waals surface area contributed by atoms with Crippen LogP contribution in [-0.4, -0.2) is 23.9 Å². The Balaban J connectivity index is 1.78. The van der Waals surface area contributed by atoms with Crippen molar-refractivity contribution in [2.24, 2.45) is 0 Å². The summed E-state index contributed by atoms with van der Waals surface area (Å²) in [5, 5.41) is 3.01. The second-order valence-corrected chi connectivity index (χ2v) is 5.06. The van der Waals surface area contributed by atoms with Gasteiger partial charge >= 0.3 is 0 Å². The molecule has 1 aromatic rings. The van der Waals surface area contributed by atoms with E-state index in [-0.39, 0.29) is 11.4 Å². The smallest absolute Gasteiger partial charge is 0.251 e. The molecule has 1 saturated carbocycles. The third-order valence-corrected chi connectivity index (χ3v) is 3.95. The summed E-state index contributed by atoms with van der Waals surface area (Å²) in [7, 11) is 0. The molecule has 17 heavy (non-hydrogen) atoms. The first kappa shape index (κ1) is 10.9. The summed E-state index contributed by atoms with van der Waals surface area (Å²) in [5.41, 5.74) is 1.67. The van der Waals surface area contributed by atoms with E-state index in [0.29, 0.717) is 18.1 Å². The van der Waals surface area contributed by atoms with Crippen LogP contribution in [0.15, 0.2) is 18.2 Å². The van der Waals surface area contributed by atoms with Crippen LogP contribution in [0.5, 0.6) is 5.75 Å². The van der Waals surface area contributed by atoms with E-state index in [0.717, 1.165) is 30.6 Å². The van der Waals surface area contributed by atoms with Crippen molar-refractivity contribution >= 4 is 17.5 Å². The average molecular weight is 252 g/mol. The Morgan fingerprint density at radius 2 is 2.29 bits per heavy atom. The van der Waals surface area contributed by atoms with Crippen LogP contribution in [0.4, 0.5) is 0 Å². The molecule has 0 radical (unpaired) electrons. The van der Waals surface area contributed by atoms with E-state index >= 15 is 0 Å². The van der Waals surface area contributed by atoms with Crippen LogP contribution in [0.25, 0.3) is 0 Å². The summed E-state index contributed by atoms with van der Waals surface area (Å²) in [5.74, 6) is 1.37. The first-order valence-electron chi connectivity index (χ1n) is 5.87. The van der Waals surface area contributed by atoms with Gasteiger partial charge in [-0.25, -0.2) is 0 Å². The molecule has 1 aliphatic heterocycles. The van der Waals surface area contributed by atoms with Crippen LogP contribution in [0.3, 0.4) is 0 Å². The quantitative estimate of drug-likeness (QED) is 0.836. The van der Waals surface area contributed by atoms with Gasteiger partial charge in [0.05, 0.1) is 12.1 Å². The molecular formula is C13H14ClNO2. The van der Waals surface area contributed by atoms with Gasteiger partial charge in [0.1, 0.15) is 5.75 Å². The van der Waals surface area contributed by atoms with Crippen molar-refractivity contribution in [3.05, 3.63) is 29.3 Å². The Bertz CT molecular complexity index is 468. The summed E-state index contributed by atoms with van der Waals surface area (Å²) in [6.45, 7) is 0.714. The summed E-state index contributed by atoms with van der Waals surface area (Å²) in [6.07, 6.45) is 2.85. The first-order valence-corrected chi connectivity index (χ1v) is 6.40. The van der Waals surface area contributed by atoms with Crippen molar-refractivity contribution in [2.75, 3.05) is 12.5 Å². The molecule has 0 unspecified atom stereocenters. The molecule has 3 rings (SSSR count). The van der Waals surface area contributed by atoms with Gasteiger partial charge in [0.25, 0.3) is 5.91 Å². The number of nitrogens with one attached hydrogen (secondary N) is 1. The SMILES string of the molecule is O=C(NC1(CCl)CC1)c1ccc2c(c1)CCO2. The number of amides is 1. The third kappa shape index (κ3) is 2.00. The highest BCUT2D eigenvalue weighted by molar-refractivity contribution is 6.19. The number of rotatable bonds is 3. The van der Waals surface area contributed by atoms with E-state index in [2.05, 4.69) is 5.32 Å². The minimum absolute atomic E-state index is 0.0298. The van der Waals surface area contributed by atoms with E-state index < -0.39 is 0 Å². The van der Waals surface area contributed by atoms with Gasteiger partial charge in [-0.2, -0.15) is 0 Å². The molecule has 1 amide bonds. The van der Waals surface area contributed by atoms with Gasteiger partial charge in [0.15, 0.2) is 0 Å². The number of carbonyl (C=O) groups is 1. The van der Waals surface area contributed by atoms with Gasteiger partial charge in [0, 0.05) is 17.9 Å². The molecule has 2 aliphatic rings. The summed E-state index contributed by atoms with van der Waals surface area (Å²) < 4.78 is 5.41. The van der Waals surface area contributed by atoms with Crippen LogP contribution in [0, 0.1) is 0 Å². The maximum atomic E-state index is 12.0. The predicted molar refractivity (Wildman–Crippen MR) is 65.8 cm³/mol. The number of benzene rings is 1. The van der Waals surface area contributed by atoms with Crippen molar-refractivity contribution in [2.45, 2.75) is 24.8 Å². The molecule has 3 nitrogen and oxygen atoms in total.